The van der Waals surface area contributed by atoms with Crippen molar-refractivity contribution in [3.8, 4) is 0 Å². The van der Waals surface area contributed by atoms with E-state index in [4.69, 9.17) is 22.0 Å². The van der Waals surface area contributed by atoms with Crippen LogP contribution in [0.3, 0.4) is 0 Å². The fourth-order valence-electron chi connectivity index (χ4n) is 12.5. The van der Waals surface area contributed by atoms with Crippen LogP contribution in [0.15, 0.2) is 144 Å². The number of nitrogens with two attached hydrogens (primary N) is 1. The molecule has 1 aromatic heterocycles. The SMILES string of the molecule is CC(C)[C@H](N=C(O)[C@H](N=C(O)[C@@H]1CCCN1C(=O)[C@H](Cc1ccc(Br)cc1)N=C(O)[C@@H](C)N=C[O-])C(C)C)C(O)=N[C@H](Cc1c[nH]c2ccccc12)C(O)=N[C@@H](CCCNC(=N)N)C(O)=N[C@H](CS(=O)(=O)O)C(O)=N[C@@H]1C(=O)N(C)[C@@H](CCC(=N)O)C(O)=N[C@H](Cc2ccccc2)C(O)=NCC(O)=N[C@H](CC(=N)O)C(=O)C[C@H]1C.[Na+]. The average Bonchev–Trinajstić information content (AvgIpc) is 1.79. The minimum Gasteiger partial charge on any atom is -0.864 e. The van der Waals surface area contributed by atoms with Crippen LogP contribution >= 0.6 is 15.9 Å². The molecule has 0 saturated carbocycles. The number of likely N-dealkylation sites (tertiary alicyclic amines) is 1. The zero-order chi connectivity index (χ0) is 84.4. The van der Waals surface area contributed by atoms with Crippen molar-refractivity contribution in [2.45, 2.75) is 185 Å². The number of carbonyl (C=O) groups excluding carboxylic acids is 3. The number of nitrogens with one attached hydrogen (secondary N) is 5. The molecule has 0 unspecified atom stereocenters. The van der Waals surface area contributed by atoms with Gasteiger partial charge in [0.25, 0.3) is 10.1 Å². The number of aromatic nitrogens is 1. The van der Waals surface area contributed by atoms with Crippen LogP contribution in [0.5, 0.6) is 0 Å². The summed E-state index contributed by atoms with van der Waals surface area (Å²) >= 11 is 3.40. The van der Waals surface area contributed by atoms with Gasteiger partial charge in [0.05, 0.1) is 6.42 Å². The van der Waals surface area contributed by atoms with E-state index in [0.717, 1.165) is 16.4 Å². The zero-order valence-corrected chi connectivity index (χ0v) is 69.3. The van der Waals surface area contributed by atoms with E-state index in [9.17, 15) is 88.9 Å². The first kappa shape index (κ1) is 95.2. The number of aliphatic hydroxyl groups excluding tert-OH is 12. The quantitative estimate of drug-likeness (QED) is 0.0102. The van der Waals surface area contributed by atoms with E-state index in [2.05, 4.69) is 81.1 Å². The number of hydrogen-bond acceptors (Lipinski definition) is 20. The van der Waals surface area contributed by atoms with Crippen LogP contribution in [0.2, 0.25) is 0 Å². The average molecular weight is 1700 g/mol. The summed E-state index contributed by atoms with van der Waals surface area (Å²) in [6.07, 6.45) is -1.16. The minimum atomic E-state index is -5.34. The number of carbonyl (C=O) groups is 3. The van der Waals surface area contributed by atoms with Crippen molar-refractivity contribution in [3.05, 3.63) is 106 Å². The van der Waals surface area contributed by atoms with Gasteiger partial charge in [-0.25, -0.2) is 49.9 Å². The van der Waals surface area contributed by atoms with Gasteiger partial charge in [-0.3, -0.25) is 40.2 Å². The molecule has 1 fully saturated rings. The van der Waals surface area contributed by atoms with E-state index in [0.29, 0.717) is 34.0 Å². The number of ketones is 1. The van der Waals surface area contributed by atoms with Crippen LogP contribution in [0.4, 0.5) is 0 Å². The van der Waals surface area contributed by atoms with Crippen LogP contribution in [0.25, 0.3) is 10.9 Å². The Morgan fingerprint density at radius 2 is 1.36 bits per heavy atom. The predicted molar refractivity (Wildman–Crippen MR) is 437 cm³/mol. The molecule has 2 aliphatic heterocycles. The molecule has 2 amide bonds. The maximum atomic E-state index is 15.2. The number of guanidine groups is 1. The Labute approximate surface area is 694 Å². The molecule has 4 aromatic rings. The molecular formula is C74H101BrN19NaO19S. The van der Waals surface area contributed by atoms with Gasteiger partial charge < -0.3 is 92.2 Å². The number of para-hydroxylation sites is 1. The van der Waals surface area contributed by atoms with E-state index in [1.54, 1.807) is 113 Å². The topological polar surface area (TPSA) is 639 Å². The number of benzene rings is 3. The number of likely N-dealkylation sites (N-methyl/N-ethyl adjacent to an activating group) is 1. The Kier molecular flexibility index (Phi) is 37.3. The molecule has 6 rings (SSSR count). The second-order valence-electron chi connectivity index (χ2n) is 28.2. The molecule has 0 spiro atoms. The van der Waals surface area contributed by atoms with Crippen molar-refractivity contribution in [1.82, 2.24) is 20.1 Å². The van der Waals surface area contributed by atoms with Crippen molar-refractivity contribution in [1.29, 1.82) is 16.2 Å². The van der Waals surface area contributed by atoms with Crippen molar-refractivity contribution in [2.75, 3.05) is 32.4 Å². The van der Waals surface area contributed by atoms with Crippen molar-refractivity contribution in [2.24, 2.45) is 78.4 Å². The van der Waals surface area contributed by atoms with E-state index in [1.807, 2.05) is 0 Å². The Balaban J connectivity index is 0.0000236. The Hall–Kier alpha value is -10.4. The number of aromatic amines is 1. The Bertz CT molecular complexity index is 4500. The summed E-state index contributed by atoms with van der Waals surface area (Å²) < 4.78 is 37.3. The standard InChI is InChI=1S/C74H102BrN19O19S.Na/c1-38(2)60(91-71(108)61(39(3)4)90-69(106)55-20-14-28-94(55)72(109)52(88-63(100)41(6)83-37-95)31-43-21-23-45(75)24-22-43)70(107)87-51(32-44-34-81-47-18-12-11-17-46(44)47)66(103)85-48(19-13-27-80-74(78)79)65(102)89-53(36-114(111,112)113)67(104)92-62-40(5)29-56(96)49(33-58(77)98)84-59(99)35-82-64(101)50(30-42-15-9-8-10-16-42)86-68(105)54(25-26-57(76)97)93(7)73(62)110;/h8-12,15-18,21-24,34,37-41,48-55,60-62,81H,13-14,19-20,25-33,35-36H2,1-7H3,(H2,76,97)(H2,77,98)(H,82,101)(H,83,95)(H,84,99)(H,85,103)(H,86,105)(H,87,107)(H,88,100)(H,89,102)(H,90,106)(H,91,108)(H,92,104)(H4,78,79,80)(H,111,112,113);/q;+1/p-1/t40-,41-,48+,49-,50-,51-,52+,53-,54+,55+,60+,61-,62+;/m1./s1. The van der Waals surface area contributed by atoms with Crippen LogP contribution in [-0.4, -0.2) is 295 Å². The van der Waals surface area contributed by atoms with Crippen molar-refractivity contribution in [3.63, 3.8) is 0 Å². The maximum absolute atomic E-state index is 15.2. The zero-order valence-electron chi connectivity index (χ0n) is 64.9. The molecule has 620 valence electrons. The second kappa shape index (κ2) is 45.0. The molecule has 1 saturated heterocycles. The first-order valence-electron chi connectivity index (χ1n) is 36.5. The maximum Gasteiger partial charge on any atom is 1.00 e. The third-order valence-corrected chi connectivity index (χ3v) is 19.9. The number of aliphatic hydroxyl groups is 12. The monoisotopic (exact) mass is 1690 g/mol. The Morgan fingerprint density at radius 1 is 0.748 bits per heavy atom. The van der Waals surface area contributed by atoms with E-state index < -0.39 is 233 Å². The van der Waals surface area contributed by atoms with Crippen LogP contribution < -0.4 is 45.7 Å². The van der Waals surface area contributed by atoms with Gasteiger partial charge in [-0.1, -0.05) is 118 Å². The molecule has 0 radical (unpaired) electrons. The fourth-order valence-corrected chi connectivity index (χ4v) is 13.4. The molecule has 0 aliphatic carbocycles. The molecule has 38 nitrogen and oxygen atoms in total. The third-order valence-electron chi connectivity index (χ3n) is 18.6. The van der Waals surface area contributed by atoms with Gasteiger partial charge in [-0.05, 0) is 91.7 Å². The normalized spacial score (nSPS) is 21.2. The summed E-state index contributed by atoms with van der Waals surface area (Å²) in [7, 11) is -4.24. The van der Waals surface area contributed by atoms with E-state index in [1.165, 1.54) is 18.7 Å². The van der Waals surface area contributed by atoms with Gasteiger partial charge in [0.1, 0.15) is 84.8 Å². The van der Waals surface area contributed by atoms with Crippen molar-refractivity contribution >= 4 is 138 Å². The summed E-state index contributed by atoms with van der Waals surface area (Å²) in [4.78, 5) is 95.6. The van der Waals surface area contributed by atoms with Crippen LogP contribution in [-0.2, 0) is 43.8 Å². The molecule has 3 heterocycles. The van der Waals surface area contributed by atoms with Crippen molar-refractivity contribution < 1.29 is 123 Å². The van der Waals surface area contributed by atoms with Gasteiger partial charge in [-0.15, -0.1) is 0 Å². The number of aliphatic imine (C=N–C) groups is 11. The summed E-state index contributed by atoms with van der Waals surface area (Å²) in [5.74, 6) is -18.6. The van der Waals surface area contributed by atoms with Crippen LogP contribution in [0.1, 0.15) is 110 Å². The summed E-state index contributed by atoms with van der Waals surface area (Å²) in [5.41, 5.74) is 7.88. The largest absolute Gasteiger partial charge is 1.00 e. The number of hydrogen-bond donors (Lipinski definition) is 19. The first-order valence-corrected chi connectivity index (χ1v) is 38.9. The smallest absolute Gasteiger partial charge is 0.864 e. The van der Waals surface area contributed by atoms with Crippen LogP contribution in [0, 0.1) is 34.0 Å². The number of halogens is 1. The molecule has 115 heavy (non-hydrogen) atoms. The fraction of sp³-hybridized carbons (Fsp3) is 0.500. The number of H-pyrrole nitrogens is 1. The van der Waals surface area contributed by atoms with Gasteiger partial charge in [0.2, 0.25) is 70.8 Å². The summed E-state index contributed by atoms with van der Waals surface area (Å²) in [6.45, 7) is 8.40. The van der Waals surface area contributed by atoms with Gasteiger partial charge >= 0.3 is 29.6 Å². The van der Waals surface area contributed by atoms with Gasteiger partial charge in [0, 0.05) is 73.8 Å². The van der Waals surface area contributed by atoms with Gasteiger partial charge in [0.15, 0.2) is 23.5 Å². The number of nitrogens with zero attached hydrogens (tertiary/aromatic N) is 13. The second-order valence-corrected chi connectivity index (χ2v) is 30.6. The first-order chi connectivity index (χ1) is 53.7. The molecule has 41 heteroatoms. The van der Waals surface area contributed by atoms with E-state index >= 15 is 4.79 Å². The number of amides is 2. The molecule has 20 N–H and O–H groups in total. The minimum absolute atomic E-state index is 0. The third kappa shape index (κ3) is 29.4. The summed E-state index contributed by atoms with van der Waals surface area (Å²) in [6, 6.07) is 3.15. The number of rotatable bonds is 35. The molecule has 3 aromatic carbocycles. The van der Waals surface area contributed by atoms with E-state index in [-0.39, 0.29) is 87.6 Å². The predicted octanol–water partition coefficient (Wildman–Crippen LogP) is 3.75. The molecule has 2 aliphatic rings. The number of Topliss-reactive ketones (excluding diaryl/α,β-unsaturated/α-hetero) is 1. The molecular weight excluding hydrogens is 1590 g/mol. The Morgan fingerprint density at radius 3 is 1.98 bits per heavy atom. The molecule has 13 atom stereocenters. The molecule has 0 bridgehead atoms. The van der Waals surface area contributed by atoms with Gasteiger partial charge in [-0.2, -0.15) is 8.42 Å². The summed E-state index contributed by atoms with van der Waals surface area (Å²) in [5, 5.41) is 176. The number of fused-ring (bicyclic) bond motifs is 1.